The molecule has 0 bridgehead atoms. The van der Waals surface area contributed by atoms with Gasteiger partial charge < -0.3 is 5.41 Å². The van der Waals surface area contributed by atoms with E-state index in [9.17, 15) is 0 Å². The normalized spacial score (nSPS) is 10.1. The van der Waals surface area contributed by atoms with Gasteiger partial charge in [0.1, 0.15) is 12.7 Å². The molecule has 14 heavy (non-hydrogen) atoms. The highest BCUT2D eigenvalue weighted by atomic mass is 35.5. The van der Waals surface area contributed by atoms with Crippen LogP contribution in [0.2, 0.25) is 5.02 Å². The summed E-state index contributed by atoms with van der Waals surface area (Å²) in [7, 11) is 0. The van der Waals surface area contributed by atoms with Gasteiger partial charge in [0, 0.05) is 17.5 Å². The van der Waals surface area contributed by atoms with Crippen LogP contribution in [0.1, 0.15) is 5.56 Å². The minimum Gasteiger partial charge on any atom is -0.308 e. The lowest BCUT2D eigenvalue weighted by Crippen LogP contribution is -1.91. The fraction of sp³-hybridized carbons (Fsp3) is 0. The SMILES string of the molecule is N=Cc1ccc(-n2cnnc2)cc1Cl. The number of hydrogen-bond acceptors (Lipinski definition) is 3. The van der Waals surface area contributed by atoms with Crippen molar-refractivity contribution >= 4 is 17.8 Å². The first-order chi connectivity index (χ1) is 6.81. The van der Waals surface area contributed by atoms with Gasteiger partial charge in [-0.25, -0.2) is 0 Å². The van der Waals surface area contributed by atoms with E-state index < -0.39 is 0 Å². The highest BCUT2D eigenvalue weighted by molar-refractivity contribution is 6.33. The Labute approximate surface area is 85.7 Å². The van der Waals surface area contributed by atoms with Crippen LogP contribution in [0, 0.1) is 5.41 Å². The molecular formula is C9H7ClN4. The van der Waals surface area contributed by atoms with E-state index in [1.165, 1.54) is 6.21 Å². The van der Waals surface area contributed by atoms with Crippen LogP contribution in [0.15, 0.2) is 30.9 Å². The van der Waals surface area contributed by atoms with Crippen LogP contribution < -0.4 is 0 Å². The van der Waals surface area contributed by atoms with Gasteiger partial charge in [-0.15, -0.1) is 10.2 Å². The van der Waals surface area contributed by atoms with Crippen LogP contribution >= 0.6 is 11.6 Å². The first kappa shape index (κ1) is 8.90. The molecule has 0 unspecified atom stereocenters. The molecule has 0 radical (unpaired) electrons. The average molecular weight is 207 g/mol. The quantitative estimate of drug-likeness (QED) is 0.764. The lowest BCUT2D eigenvalue weighted by Gasteiger charge is -2.03. The van der Waals surface area contributed by atoms with Crippen molar-refractivity contribution < 1.29 is 0 Å². The van der Waals surface area contributed by atoms with Crippen LogP contribution in [0.5, 0.6) is 0 Å². The minimum atomic E-state index is 0.547. The van der Waals surface area contributed by atoms with E-state index in [0.29, 0.717) is 10.6 Å². The Morgan fingerprint density at radius 2 is 2.00 bits per heavy atom. The van der Waals surface area contributed by atoms with E-state index in [0.717, 1.165) is 5.69 Å². The van der Waals surface area contributed by atoms with Gasteiger partial charge in [0.05, 0.1) is 5.02 Å². The van der Waals surface area contributed by atoms with Crippen molar-refractivity contribution in [3.63, 3.8) is 0 Å². The molecule has 0 atom stereocenters. The Morgan fingerprint density at radius 3 is 2.57 bits per heavy atom. The molecule has 70 valence electrons. The number of rotatable bonds is 2. The van der Waals surface area contributed by atoms with Gasteiger partial charge in [0.2, 0.25) is 0 Å². The van der Waals surface area contributed by atoms with Gasteiger partial charge in [-0.05, 0) is 18.2 Å². The maximum absolute atomic E-state index is 7.09. The molecule has 1 aromatic heterocycles. The molecule has 0 saturated heterocycles. The van der Waals surface area contributed by atoms with Crippen molar-refractivity contribution in [2.45, 2.75) is 0 Å². The lowest BCUT2D eigenvalue weighted by molar-refractivity contribution is 1.06. The maximum Gasteiger partial charge on any atom is 0.123 e. The molecule has 0 amide bonds. The summed E-state index contributed by atoms with van der Waals surface area (Å²) in [4.78, 5) is 0. The van der Waals surface area contributed by atoms with Gasteiger partial charge in [-0.2, -0.15) is 0 Å². The third-order valence-corrected chi connectivity index (χ3v) is 2.18. The van der Waals surface area contributed by atoms with E-state index in [4.69, 9.17) is 17.0 Å². The summed E-state index contributed by atoms with van der Waals surface area (Å²) < 4.78 is 1.75. The molecule has 1 N–H and O–H groups in total. The summed E-state index contributed by atoms with van der Waals surface area (Å²) in [5.41, 5.74) is 1.58. The minimum absolute atomic E-state index is 0.547. The van der Waals surface area contributed by atoms with E-state index in [1.807, 2.05) is 6.07 Å². The average Bonchev–Trinajstić information content (AvgIpc) is 2.70. The number of nitrogens with zero attached hydrogens (tertiary/aromatic N) is 3. The van der Waals surface area contributed by atoms with Crippen LogP contribution in [0.3, 0.4) is 0 Å². The molecular weight excluding hydrogens is 200 g/mol. The second kappa shape index (κ2) is 3.59. The first-order valence-electron chi connectivity index (χ1n) is 3.96. The zero-order valence-electron chi connectivity index (χ0n) is 7.18. The largest absolute Gasteiger partial charge is 0.308 e. The summed E-state index contributed by atoms with van der Waals surface area (Å²) in [6, 6.07) is 5.41. The summed E-state index contributed by atoms with van der Waals surface area (Å²) in [6.45, 7) is 0. The predicted octanol–water partition coefficient (Wildman–Crippen LogP) is 1.92. The number of aromatic nitrogens is 3. The van der Waals surface area contributed by atoms with Crippen LogP contribution in [0.25, 0.3) is 5.69 Å². The van der Waals surface area contributed by atoms with E-state index in [1.54, 1.807) is 29.4 Å². The van der Waals surface area contributed by atoms with E-state index in [2.05, 4.69) is 10.2 Å². The number of nitrogens with one attached hydrogen (secondary N) is 1. The highest BCUT2D eigenvalue weighted by Gasteiger charge is 2.00. The van der Waals surface area contributed by atoms with E-state index >= 15 is 0 Å². The van der Waals surface area contributed by atoms with Crippen molar-refractivity contribution in [2.75, 3.05) is 0 Å². The summed E-state index contributed by atoms with van der Waals surface area (Å²) in [5, 5.41) is 15.0. The predicted molar refractivity (Wildman–Crippen MR) is 54.3 cm³/mol. The topological polar surface area (TPSA) is 54.6 Å². The first-order valence-corrected chi connectivity index (χ1v) is 4.34. The van der Waals surface area contributed by atoms with Crippen LogP contribution in [0.4, 0.5) is 0 Å². The van der Waals surface area contributed by atoms with Crippen molar-refractivity contribution in [1.29, 1.82) is 5.41 Å². The number of halogens is 1. The van der Waals surface area contributed by atoms with Crippen molar-refractivity contribution in [3.8, 4) is 5.69 Å². The molecule has 1 heterocycles. The monoisotopic (exact) mass is 206 g/mol. The Morgan fingerprint density at radius 1 is 1.29 bits per heavy atom. The van der Waals surface area contributed by atoms with Crippen molar-refractivity contribution in [2.24, 2.45) is 0 Å². The summed E-state index contributed by atoms with van der Waals surface area (Å²) in [5.74, 6) is 0. The van der Waals surface area contributed by atoms with E-state index in [-0.39, 0.29) is 0 Å². The number of hydrogen-bond donors (Lipinski definition) is 1. The fourth-order valence-electron chi connectivity index (χ4n) is 1.13. The molecule has 2 aromatic rings. The van der Waals surface area contributed by atoms with Gasteiger partial charge in [0.15, 0.2) is 0 Å². The molecule has 0 aliphatic heterocycles. The maximum atomic E-state index is 7.09. The number of benzene rings is 1. The Balaban J connectivity index is 2.48. The molecule has 4 nitrogen and oxygen atoms in total. The Hall–Kier alpha value is -1.68. The summed E-state index contributed by atoms with van der Waals surface area (Å²) >= 11 is 5.94. The van der Waals surface area contributed by atoms with Crippen molar-refractivity contribution in [1.82, 2.24) is 14.8 Å². The van der Waals surface area contributed by atoms with Gasteiger partial charge in [-0.3, -0.25) is 4.57 Å². The fourth-order valence-corrected chi connectivity index (χ4v) is 1.36. The van der Waals surface area contributed by atoms with Gasteiger partial charge in [0.25, 0.3) is 0 Å². The molecule has 0 aliphatic carbocycles. The molecule has 0 fully saturated rings. The molecule has 1 aromatic carbocycles. The van der Waals surface area contributed by atoms with Crippen LogP contribution in [-0.4, -0.2) is 21.0 Å². The second-order valence-corrected chi connectivity index (χ2v) is 3.13. The molecule has 0 saturated carbocycles. The summed E-state index contributed by atoms with van der Waals surface area (Å²) in [6.07, 6.45) is 4.41. The Kier molecular flexibility index (Phi) is 2.28. The van der Waals surface area contributed by atoms with Gasteiger partial charge >= 0.3 is 0 Å². The molecule has 0 aliphatic rings. The van der Waals surface area contributed by atoms with Crippen LogP contribution in [-0.2, 0) is 0 Å². The molecule has 0 spiro atoms. The van der Waals surface area contributed by atoms with Gasteiger partial charge in [-0.1, -0.05) is 11.6 Å². The van der Waals surface area contributed by atoms with Crippen molar-refractivity contribution in [3.05, 3.63) is 41.4 Å². The zero-order chi connectivity index (χ0) is 9.97. The third kappa shape index (κ3) is 1.52. The zero-order valence-corrected chi connectivity index (χ0v) is 7.94. The third-order valence-electron chi connectivity index (χ3n) is 1.86. The molecule has 2 rings (SSSR count). The Bertz CT molecular complexity index is 450. The lowest BCUT2D eigenvalue weighted by atomic mass is 10.2. The highest BCUT2D eigenvalue weighted by Crippen LogP contribution is 2.18. The standard InChI is InChI=1S/C9H7ClN4/c10-9-3-8(2-1-7(9)4-11)14-5-12-13-6-14/h1-6,11H. The molecule has 5 heteroatoms. The second-order valence-electron chi connectivity index (χ2n) is 2.72. The smallest absolute Gasteiger partial charge is 0.123 e.